The lowest BCUT2D eigenvalue weighted by atomic mass is 10.1. The van der Waals surface area contributed by atoms with Crippen LogP contribution >= 0.6 is 0 Å². The number of hydrogen-bond donors (Lipinski definition) is 1. The average Bonchev–Trinajstić information content (AvgIpc) is 2.96. The van der Waals surface area contributed by atoms with Crippen molar-refractivity contribution in [2.45, 2.75) is 0 Å². The fourth-order valence-electron chi connectivity index (χ4n) is 3.60. The third kappa shape index (κ3) is 2.57. The fraction of sp³-hybridized carbons (Fsp3) is 0.143. The number of carbonyl (C=O) groups is 2. The van der Waals surface area contributed by atoms with Crippen LogP contribution < -0.4 is 19.7 Å². The number of rotatable bonds is 3. The molecule has 0 atom stereocenters. The van der Waals surface area contributed by atoms with Crippen molar-refractivity contribution < 1.29 is 19.1 Å². The molecule has 0 saturated carbocycles. The van der Waals surface area contributed by atoms with Crippen LogP contribution in [-0.4, -0.2) is 31.6 Å². The Bertz CT molecular complexity index is 1090. The molecule has 0 radical (unpaired) electrons. The first-order valence-corrected chi connectivity index (χ1v) is 8.74. The van der Waals surface area contributed by atoms with Crippen LogP contribution in [0.1, 0.15) is 10.4 Å². The topological polar surface area (TPSA) is 67.9 Å². The van der Waals surface area contributed by atoms with E-state index < -0.39 is 0 Å². The smallest absolute Gasteiger partial charge is 0.259 e. The summed E-state index contributed by atoms with van der Waals surface area (Å²) in [4.78, 5) is 26.9. The summed E-state index contributed by atoms with van der Waals surface area (Å²) in [6.07, 6.45) is 0. The molecule has 0 bridgehead atoms. The van der Waals surface area contributed by atoms with Gasteiger partial charge in [-0.05, 0) is 29.7 Å². The largest absolute Gasteiger partial charge is 0.486 e. The number of carbonyl (C=O) groups excluding carboxylic acids is 2. The van der Waals surface area contributed by atoms with E-state index in [1.807, 2.05) is 30.3 Å². The molecule has 3 aromatic carbocycles. The Balaban J connectivity index is 1.38. The van der Waals surface area contributed by atoms with Gasteiger partial charge in [0.1, 0.15) is 19.8 Å². The average molecular weight is 360 g/mol. The number of hydrogen-bond acceptors (Lipinski definition) is 4. The zero-order valence-electron chi connectivity index (χ0n) is 14.4. The van der Waals surface area contributed by atoms with E-state index >= 15 is 0 Å². The highest BCUT2D eigenvalue weighted by Crippen LogP contribution is 2.37. The lowest BCUT2D eigenvalue weighted by Gasteiger charge is -2.20. The number of benzene rings is 3. The highest BCUT2D eigenvalue weighted by atomic mass is 16.6. The number of nitrogens with one attached hydrogen (secondary N) is 1. The first-order chi connectivity index (χ1) is 13.2. The number of fused-ring (bicyclic) bond motifs is 1. The van der Waals surface area contributed by atoms with E-state index in [9.17, 15) is 9.59 Å². The molecule has 6 heteroatoms. The third-order valence-corrected chi connectivity index (χ3v) is 4.78. The van der Waals surface area contributed by atoms with E-state index in [-0.39, 0.29) is 18.4 Å². The molecule has 0 spiro atoms. The van der Waals surface area contributed by atoms with Crippen LogP contribution in [0.5, 0.6) is 11.5 Å². The van der Waals surface area contributed by atoms with Crippen molar-refractivity contribution in [3.05, 3.63) is 60.2 Å². The van der Waals surface area contributed by atoms with Crippen LogP contribution in [0.4, 0.5) is 11.4 Å². The minimum atomic E-state index is -0.273. The molecule has 0 saturated heterocycles. The first kappa shape index (κ1) is 15.7. The number of ether oxygens (including phenoxy) is 2. The highest BCUT2D eigenvalue weighted by molar-refractivity contribution is 6.26. The van der Waals surface area contributed by atoms with Crippen LogP contribution in [-0.2, 0) is 4.79 Å². The van der Waals surface area contributed by atoms with E-state index in [0.717, 1.165) is 16.5 Å². The minimum Gasteiger partial charge on any atom is -0.486 e. The Morgan fingerprint density at radius 2 is 1.78 bits per heavy atom. The molecule has 0 fully saturated rings. The monoisotopic (exact) mass is 360 g/mol. The van der Waals surface area contributed by atoms with E-state index in [1.165, 1.54) is 4.90 Å². The first-order valence-electron chi connectivity index (χ1n) is 8.74. The minimum absolute atomic E-state index is 0.0545. The van der Waals surface area contributed by atoms with E-state index in [1.54, 1.807) is 24.3 Å². The normalized spacial score (nSPS) is 14.5. The Labute approximate surface area is 155 Å². The molecule has 2 amide bonds. The zero-order valence-corrected chi connectivity index (χ0v) is 14.4. The summed E-state index contributed by atoms with van der Waals surface area (Å²) in [5, 5.41) is 4.72. The molecule has 0 aliphatic carbocycles. The van der Waals surface area contributed by atoms with Crippen molar-refractivity contribution in [3.63, 3.8) is 0 Å². The molecule has 2 aliphatic rings. The van der Waals surface area contributed by atoms with E-state index in [2.05, 4.69) is 5.32 Å². The summed E-state index contributed by atoms with van der Waals surface area (Å²) in [7, 11) is 0. The summed E-state index contributed by atoms with van der Waals surface area (Å²) in [5.41, 5.74) is 2.01. The van der Waals surface area contributed by atoms with Gasteiger partial charge < -0.3 is 14.8 Å². The van der Waals surface area contributed by atoms with Gasteiger partial charge >= 0.3 is 0 Å². The number of nitrogens with zero attached hydrogens (tertiary/aromatic N) is 1. The molecule has 27 heavy (non-hydrogen) atoms. The SMILES string of the molecule is O=C(CN1C(=O)c2cccc3cccc1c23)Nc1ccc2c(c1)OCCO2. The van der Waals surface area contributed by atoms with Gasteiger partial charge in [-0.25, -0.2) is 0 Å². The second-order valence-electron chi connectivity index (χ2n) is 6.48. The predicted molar refractivity (Wildman–Crippen MR) is 102 cm³/mol. The van der Waals surface area contributed by atoms with Crippen molar-refractivity contribution in [3.8, 4) is 11.5 Å². The maximum absolute atomic E-state index is 12.8. The number of amides is 2. The van der Waals surface area contributed by atoms with Crippen LogP contribution in [0, 0.1) is 0 Å². The van der Waals surface area contributed by atoms with Crippen molar-refractivity contribution in [1.82, 2.24) is 0 Å². The summed E-state index contributed by atoms with van der Waals surface area (Å²) in [6.45, 7) is 0.942. The van der Waals surface area contributed by atoms with Gasteiger partial charge in [0.25, 0.3) is 5.91 Å². The Morgan fingerprint density at radius 3 is 2.63 bits per heavy atom. The van der Waals surface area contributed by atoms with E-state index in [0.29, 0.717) is 36.0 Å². The van der Waals surface area contributed by atoms with Gasteiger partial charge in [-0.3, -0.25) is 14.5 Å². The summed E-state index contributed by atoms with van der Waals surface area (Å²) in [5.74, 6) is 0.841. The van der Waals surface area contributed by atoms with Gasteiger partial charge in [0.2, 0.25) is 5.91 Å². The quantitative estimate of drug-likeness (QED) is 0.779. The van der Waals surface area contributed by atoms with Crippen LogP contribution in [0.25, 0.3) is 10.8 Å². The second kappa shape index (κ2) is 6.02. The lowest BCUT2D eigenvalue weighted by Crippen LogP contribution is -2.35. The molecular formula is C21H16N2O4. The molecular weight excluding hydrogens is 344 g/mol. The predicted octanol–water partition coefficient (Wildman–Crippen LogP) is 3.21. The van der Waals surface area contributed by atoms with Crippen molar-refractivity contribution in [1.29, 1.82) is 0 Å². The lowest BCUT2D eigenvalue weighted by molar-refractivity contribution is -0.114. The van der Waals surface area contributed by atoms with Gasteiger partial charge in [0.05, 0.1) is 5.69 Å². The standard InChI is InChI=1S/C21H16N2O4/c24-19(22-14-7-8-17-18(11-14)27-10-9-26-17)12-23-16-6-2-4-13-3-1-5-15(20(13)16)21(23)25/h1-8,11H,9-10,12H2,(H,22,24). The van der Waals surface area contributed by atoms with Gasteiger partial charge in [-0.1, -0.05) is 24.3 Å². The van der Waals surface area contributed by atoms with Gasteiger partial charge in [0, 0.05) is 22.7 Å². The molecule has 2 aliphatic heterocycles. The van der Waals surface area contributed by atoms with Crippen LogP contribution in [0.3, 0.4) is 0 Å². The fourth-order valence-corrected chi connectivity index (χ4v) is 3.60. The summed E-state index contributed by atoms with van der Waals surface area (Å²) < 4.78 is 11.0. The van der Waals surface area contributed by atoms with E-state index in [4.69, 9.17) is 9.47 Å². The third-order valence-electron chi connectivity index (χ3n) is 4.78. The summed E-state index contributed by atoms with van der Waals surface area (Å²) >= 11 is 0. The van der Waals surface area contributed by atoms with Gasteiger partial charge in [-0.15, -0.1) is 0 Å². The molecule has 3 aromatic rings. The Morgan fingerprint density at radius 1 is 1.00 bits per heavy atom. The van der Waals surface area contributed by atoms with Crippen LogP contribution in [0.2, 0.25) is 0 Å². The summed E-state index contributed by atoms with van der Waals surface area (Å²) in [6, 6.07) is 16.6. The Kier molecular flexibility index (Phi) is 3.50. The molecule has 0 unspecified atom stereocenters. The van der Waals surface area contributed by atoms with Crippen molar-refractivity contribution in [2.24, 2.45) is 0 Å². The zero-order chi connectivity index (χ0) is 18.4. The Hall–Kier alpha value is -3.54. The molecule has 134 valence electrons. The second-order valence-corrected chi connectivity index (χ2v) is 6.48. The molecule has 5 rings (SSSR count). The van der Waals surface area contributed by atoms with Crippen LogP contribution in [0.15, 0.2) is 54.6 Å². The van der Waals surface area contributed by atoms with Crippen molar-refractivity contribution >= 4 is 34.0 Å². The maximum Gasteiger partial charge on any atom is 0.259 e. The van der Waals surface area contributed by atoms with Crippen molar-refractivity contribution in [2.75, 3.05) is 30.0 Å². The molecule has 6 nitrogen and oxygen atoms in total. The molecule has 0 aromatic heterocycles. The van der Waals surface area contributed by atoms with Gasteiger partial charge in [0.15, 0.2) is 11.5 Å². The maximum atomic E-state index is 12.8. The number of anilines is 2. The highest BCUT2D eigenvalue weighted by Gasteiger charge is 2.30. The molecule has 1 N–H and O–H groups in total. The molecule has 2 heterocycles. The van der Waals surface area contributed by atoms with Gasteiger partial charge in [-0.2, -0.15) is 0 Å².